The molecular formula is C17H15F5N4O. The number of rotatable bonds is 5. The standard InChI is InChI=1S/C17H15F5N4O/c1-2-25-9-23-14-15(25)24-13(4-3-7-17(20,21)22)26(16(14)27)10-5-6-11(18)12(19)8-10/h5-6,8-9H,2-4,7H2,1H3. The molecule has 0 amide bonds. The van der Waals surface area contributed by atoms with Crippen molar-refractivity contribution < 1.29 is 22.0 Å². The maximum Gasteiger partial charge on any atom is 0.389 e. The van der Waals surface area contributed by atoms with Gasteiger partial charge < -0.3 is 4.57 Å². The number of nitrogens with zero attached hydrogens (tertiary/aromatic N) is 4. The smallest absolute Gasteiger partial charge is 0.315 e. The summed E-state index contributed by atoms with van der Waals surface area (Å²) in [5.74, 6) is -2.26. The number of aromatic nitrogens is 4. The molecule has 2 aromatic heterocycles. The minimum absolute atomic E-state index is 0.00107. The first-order chi connectivity index (χ1) is 12.7. The van der Waals surface area contributed by atoms with Crippen molar-refractivity contribution in [3.05, 3.63) is 52.3 Å². The molecule has 0 spiro atoms. The van der Waals surface area contributed by atoms with Crippen LogP contribution in [0.1, 0.15) is 25.6 Å². The first kappa shape index (κ1) is 19.0. The largest absolute Gasteiger partial charge is 0.389 e. The molecule has 2 heterocycles. The van der Waals surface area contributed by atoms with Crippen LogP contribution in [0.5, 0.6) is 0 Å². The van der Waals surface area contributed by atoms with Crippen molar-refractivity contribution in [1.29, 1.82) is 0 Å². The van der Waals surface area contributed by atoms with E-state index in [-0.39, 0.29) is 35.5 Å². The van der Waals surface area contributed by atoms with Crippen molar-refractivity contribution in [2.45, 2.75) is 38.9 Å². The van der Waals surface area contributed by atoms with Gasteiger partial charge in [-0.05, 0) is 25.5 Å². The van der Waals surface area contributed by atoms with Crippen molar-refractivity contribution in [2.24, 2.45) is 0 Å². The molecule has 0 saturated carbocycles. The highest BCUT2D eigenvalue weighted by Gasteiger charge is 2.27. The molecule has 0 saturated heterocycles. The maximum atomic E-state index is 13.6. The molecule has 144 valence electrons. The van der Waals surface area contributed by atoms with Gasteiger partial charge in [0.2, 0.25) is 0 Å². The van der Waals surface area contributed by atoms with Gasteiger partial charge in [-0.2, -0.15) is 13.2 Å². The lowest BCUT2D eigenvalue weighted by Crippen LogP contribution is -2.25. The van der Waals surface area contributed by atoms with Crippen LogP contribution in [0.2, 0.25) is 0 Å². The quantitative estimate of drug-likeness (QED) is 0.628. The summed E-state index contributed by atoms with van der Waals surface area (Å²) in [6, 6.07) is 2.80. The molecular weight excluding hydrogens is 371 g/mol. The molecule has 0 unspecified atom stereocenters. The Morgan fingerprint density at radius 1 is 1.15 bits per heavy atom. The molecule has 0 fully saturated rings. The number of fused-ring (bicyclic) bond motifs is 1. The van der Waals surface area contributed by atoms with E-state index in [9.17, 15) is 26.7 Å². The lowest BCUT2D eigenvalue weighted by atomic mass is 10.2. The van der Waals surface area contributed by atoms with Gasteiger partial charge in [-0.15, -0.1) is 0 Å². The van der Waals surface area contributed by atoms with Crippen LogP contribution in [0.25, 0.3) is 16.9 Å². The average molecular weight is 386 g/mol. The van der Waals surface area contributed by atoms with Crippen molar-refractivity contribution in [1.82, 2.24) is 19.1 Å². The second-order valence-corrected chi connectivity index (χ2v) is 5.94. The second-order valence-electron chi connectivity index (χ2n) is 5.94. The predicted octanol–water partition coefficient (Wildman–Crippen LogP) is 3.77. The monoisotopic (exact) mass is 386 g/mol. The SMILES string of the molecule is CCn1cnc2c(=O)n(-c3ccc(F)c(F)c3)c(CCCC(F)(F)F)nc21. The Hall–Kier alpha value is -2.78. The maximum absolute atomic E-state index is 13.6. The molecule has 0 bridgehead atoms. The van der Waals surface area contributed by atoms with Crippen LogP contribution < -0.4 is 5.56 Å². The molecule has 0 radical (unpaired) electrons. The number of hydrogen-bond acceptors (Lipinski definition) is 3. The number of benzene rings is 1. The van der Waals surface area contributed by atoms with E-state index in [4.69, 9.17) is 0 Å². The lowest BCUT2D eigenvalue weighted by Gasteiger charge is -2.13. The molecule has 27 heavy (non-hydrogen) atoms. The van der Waals surface area contributed by atoms with Gasteiger partial charge in [-0.3, -0.25) is 9.36 Å². The summed E-state index contributed by atoms with van der Waals surface area (Å²) >= 11 is 0. The van der Waals surface area contributed by atoms with Gasteiger partial charge in [0.25, 0.3) is 5.56 Å². The van der Waals surface area contributed by atoms with Crippen molar-refractivity contribution >= 4 is 11.2 Å². The van der Waals surface area contributed by atoms with Crippen LogP contribution in [-0.2, 0) is 13.0 Å². The number of imidazole rings is 1. The Kier molecular flexibility index (Phi) is 4.99. The zero-order chi connectivity index (χ0) is 19.8. The third-order valence-corrected chi connectivity index (χ3v) is 4.07. The topological polar surface area (TPSA) is 52.7 Å². The number of halogens is 5. The van der Waals surface area contributed by atoms with Gasteiger partial charge in [0, 0.05) is 25.5 Å². The Labute approximate surface area is 150 Å². The van der Waals surface area contributed by atoms with E-state index < -0.39 is 29.8 Å². The number of hydrogen-bond donors (Lipinski definition) is 0. The third kappa shape index (κ3) is 3.83. The summed E-state index contributed by atoms with van der Waals surface area (Å²) in [5, 5.41) is 0. The van der Waals surface area contributed by atoms with Gasteiger partial charge in [0.15, 0.2) is 22.8 Å². The summed E-state index contributed by atoms with van der Waals surface area (Å²) in [5.41, 5.74) is -0.439. The highest BCUT2D eigenvalue weighted by atomic mass is 19.4. The summed E-state index contributed by atoms with van der Waals surface area (Å²) in [4.78, 5) is 21.1. The lowest BCUT2D eigenvalue weighted by molar-refractivity contribution is -0.135. The van der Waals surface area contributed by atoms with E-state index in [1.165, 1.54) is 6.33 Å². The average Bonchev–Trinajstić information content (AvgIpc) is 3.00. The fourth-order valence-electron chi connectivity index (χ4n) is 2.78. The molecule has 3 rings (SSSR count). The highest BCUT2D eigenvalue weighted by molar-refractivity contribution is 5.70. The van der Waals surface area contributed by atoms with E-state index in [1.54, 1.807) is 11.5 Å². The normalized spacial score (nSPS) is 12.1. The number of aryl methyl sites for hydroxylation is 2. The number of alkyl halides is 3. The van der Waals surface area contributed by atoms with Crippen LogP contribution >= 0.6 is 0 Å². The molecule has 0 aliphatic carbocycles. The first-order valence-corrected chi connectivity index (χ1v) is 8.20. The summed E-state index contributed by atoms with van der Waals surface area (Å²) < 4.78 is 66.9. The highest BCUT2D eigenvalue weighted by Crippen LogP contribution is 2.23. The Balaban J connectivity index is 2.16. The van der Waals surface area contributed by atoms with E-state index in [2.05, 4.69) is 9.97 Å². The Bertz CT molecular complexity index is 1040. The van der Waals surface area contributed by atoms with Crippen LogP contribution in [0.3, 0.4) is 0 Å². The van der Waals surface area contributed by atoms with E-state index in [1.807, 2.05) is 0 Å². The van der Waals surface area contributed by atoms with E-state index in [0.717, 1.165) is 22.8 Å². The fourth-order valence-corrected chi connectivity index (χ4v) is 2.78. The van der Waals surface area contributed by atoms with Gasteiger partial charge in [0.05, 0.1) is 12.0 Å². The van der Waals surface area contributed by atoms with E-state index in [0.29, 0.717) is 6.54 Å². The zero-order valence-corrected chi connectivity index (χ0v) is 14.2. The fraction of sp³-hybridized carbons (Fsp3) is 0.353. The minimum atomic E-state index is -4.34. The van der Waals surface area contributed by atoms with Crippen LogP contribution in [-0.4, -0.2) is 25.3 Å². The molecule has 3 aromatic rings. The Morgan fingerprint density at radius 3 is 2.52 bits per heavy atom. The van der Waals surface area contributed by atoms with Gasteiger partial charge in [0.1, 0.15) is 5.82 Å². The third-order valence-electron chi connectivity index (χ3n) is 4.07. The van der Waals surface area contributed by atoms with Crippen molar-refractivity contribution in [3.63, 3.8) is 0 Å². The zero-order valence-electron chi connectivity index (χ0n) is 14.2. The molecule has 5 nitrogen and oxygen atoms in total. The molecule has 1 aromatic carbocycles. The summed E-state index contributed by atoms with van der Waals surface area (Å²) in [6.07, 6.45) is -4.47. The molecule has 0 aliphatic heterocycles. The van der Waals surface area contributed by atoms with Gasteiger partial charge in [-0.25, -0.2) is 18.7 Å². The van der Waals surface area contributed by atoms with Crippen LogP contribution in [0, 0.1) is 11.6 Å². The summed E-state index contributed by atoms with van der Waals surface area (Å²) in [6.45, 7) is 2.26. The predicted molar refractivity (Wildman–Crippen MR) is 87.7 cm³/mol. The molecule has 0 atom stereocenters. The Morgan fingerprint density at radius 2 is 1.89 bits per heavy atom. The minimum Gasteiger partial charge on any atom is -0.315 e. The molecule has 10 heteroatoms. The van der Waals surface area contributed by atoms with Gasteiger partial charge in [-0.1, -0.05) is 0 Å². The molecule has 0 N–H and O–H groups in total. The van der Waals surface area contributed by atoms with Crippen LogP contribution in [0.15, 0.2) is 29.3 Å². The van der Waals surface area contributed by atoms with E-state index >= 15 is 0 Å². The van der Waals surface area contributed by atoms with Gasteiger partial charge >= 0.3 is 6.18 Å². The van der Waals surface area contributed by atoms with Crippen molar-refractivity contribution in [3.8, 4) is 5.69 Å². The second kappa shape index (κ2) is 7.09. The van der Waals surface area contributed by atoms with Crippen LogP contribution in [0.4, 0.5) is 22.0 Å². The molecule has 0 aliphatic rings. The van der Waals surface area contributed by atoms with Crippen molar-refractivity contribution in [2.75, 3.05) is 0 Å². The first-order valence-electron chi connectivity index (χ1n) is 8.20. The summed E-state index contributed by atoms with van der Waals surface area (Å²) in [7, 11) is 0.